The molecule has 0 saturated carbocycles. The Balaban J connectivity index is 1.70. The summed E-state index contributed by atoms with van der Waals surface area (Å²) in [7, 11) is 5.04. The van der Waals surface area contributed by atoms with E-state index in [0.29, 0.717) is 30.6 Å². The maximum atomic E-state index is 5.88. The lowest BCUT2D eigenvalue weighted by Crippen LogP contribution is -2.30. The summed E-state index contributed by atoms with van der Waals surface area (Å²) < 4.78 is 22.4. The summed E-state index contributed by atoms with van der Waals surface area (Å²) in [5.74, 6) is 3.77. The molecule has 0 fully saturated rings. The van der Waals surface area contributed by atoms with E-state index in [1.54, 1.807) is 21.3 Å². The van der Waals surface area contributed by atoms with E-state index in [2.05, 4.69) is 28.6 Å². The zero-order chi connectivity index (χ0) is 20.8. The van der Waals surface area contributed by atoms with Crippen molar-refractivity contribution in [3.05, 3.63) is 41.5 Å². The SMILES string of the molecule is CCOc1cc(NC(=NC)NCc2cc3c(cc2OC)CC(C)O3)ccc1OC. The fourth-order valence-electron chi connectivity index (χ4n) is 3.33. The van der Waals surface area contributed by atoms with Crippen LogP contribution in [0.15, 0.2) is 35.3 Å². The maximum absolute atomic E-state index is 5.88. The lowest BCUT2D eigenvalue weighted by atomic mass is 10.1. The average Bonchev–Trinajstić information content (AvgIpc) is 3.09. The maximum Gasteiger partial charge on any atom is 0.195 e. The van der Waals surface area contributed by atoms with Gasteiger partial charge in [0.05, 0.1) is 20.8 Å². The second-order valence-electron chi connectivity index (χ2n) is 6.75. The molecule has 29 heavy (non-hydrogen) atoms. The van der Waals surface area contributed by atoms with Gasteiger partial charge in [-0.25, -0.2) is 0 Å². The minimum absolute atomic E-state index is 0.196. The minimum atomic E-state index is 0.196. The van der Waals surface area contributed by atoms with Crippen molar-refractivity contribution in [2.75, 3.05) is 33.2 Å². The topological polar surface area (TPSA) is 73.3 Å². The number of ether oxygens (including phenoxy) is 4. The summed E-state index contributed by atoms with van der Waals surface area (Å²) >= 11 is 0. The Labute approximate surface area is 172 Å². The van der Waals surface area contributed by atoms with Gasteiger partial charge in [0.15, 0.2) is 17.5 Å². The molecule has 0 radical (unpaired) electrons. The summed E-state index contributed by atoms with van der Waals surface area (Å²) in [5.41, 5.74) is 3.04. The van der Waals surface area contributed by atoms with Crippen molar-refractivity contribution in [1.82, 2.24) is 5.32 Å². The van der Waals surface area contributed by atoms with Crippen LogP contribution in [0, 0.1) is 0 Å². The molecule has 1 unspecified atom stereocenters. The number of guanidine groups is 1. The molecule has 156 valence electrons. The summed E-state index contributed by atoms with van der Waals surface area (Å²) in [5, 5.41) is 6.60. The average molecular weight is 399 g/mol. The van der Waals surface area contributed by atoms with Crippen LogP contribution in [0.25, 0.3) is 0 Å². The van der Waals surface area contributed by atoms with E-state index in [-0.39, 0.29) is 6.10 Å². The number of methoxy groups -OCH3 is 2. The Morgan fingerprint density at radius 1 is 1.14 bits per heavy atom. The van der Waals surface area contributed by atoms with Crippen LogP contribution in [0.4, 0.5) is 5.69 Å². The molecule has 7 heteroatoms. The first kappa shape index (κ1) is 20.6. The molecule has 1 atom stereocenters. The van der Waals surface area contributed by atoms with Gasteiger partial charge in [0.25, 0.3) is 0 Å². The third-order valence-electron chi connectivity index (χ3n) is 4.70. The van der Waals surface area contributed by atoms with Crippen molar-refractivity contribution >= 4 is 11.6 Å². The Morgan fingerprint density at radius 2 is 1.93 bits per heavy atom. The van der Waals surface area contributed by atoms with Crippen molar-refractivity contribution in [3.8, 4) is 23.0 Å². The van der Waals surface area contributed by atoms with Gasteiger partial charge in [0, 0.05) is 42.9 Å². The molecule has 1 aliphatic heterocycles. The monoisotopic (exact) mass is 399 g/mol. The van der Waals surface area contributed by atoms with Gasteiger partial charge in [-0.3, -0.25) is 4.99 Å². The smallest absolute Gasteiger partial charge is 0.195 e. The van der Waals surface area contributed by atoms with Crippen molar-refractivity contribution < 1.29 is 18.9 Å². The van der Waals surface area contributed by atoms with E-state index in [0.717, 1.165) is 29.2 Å². The van der Waals surface area contributed by atoms with Gasteiger partial charge >= 0.3 is 0 Å². The molecule has 0 aliphatic carbocycles. The predicted molar refractivity (Wildman–Crippen MR) is 115 cm³/mol. The van der Waals surface area contributed by atoms with Crippen molar-refractivity contribution in [3.63, 3.8) is 0 Å². The number of benzene rings is 2. The molecule has 3 rings (SSSR count). The first-order valence-corrected chi connectivity index (χ1v) is 9.72. The van der Waals surface area contributed by atoms with Gasteiger partial charge in [-0.1, -0.05) is 0 Å². The van der Waals surface area contributed by atoms with Crippen LogP contribution in [0.5, 0.6) is 23.0 Å². The van der Waals surface area contributed by atoms with Gasteiger partial charge in [-0.15, -0.1) is 0 Å². The van der Waals surface area contributed by atoms with E-state index in [4.69, 9.17) is 18.9 Å². The third-order valence-corrected chi connectivity index (χ3v) is 4.70. The van der Waals surface area contributed by atoms with E-state index in [1.165, 1.54) is 5.56 Å². The van der Waals surface area contributed by atoms with Crippen LogP contribution in [0.1, 0.15) is 25.0 Å². The van der Waals surface area contributed by atoms with E-state index >= 15 is 0 Å². The zero-order valence-electron chi connectivity index (χ0n) is 17.7. The van der Waals surface area contributed by atoms with Crippen LogP contribution in [-0.4, -0.2) is 39.9 Å². The summed E-state index contributed by atoms with van der Waals surface area (Å²) in [6.45, 7) is 5.12. The first-order chi connectivity index (χ1) is 14.1. The number of anilines is 1. The van der Waals surface area contributed by atoms with Crippen LogP contribution in [0.3, 0.4) is 0 Å². The molecule has 0 bridgehead atoms. The molecule has 0 spiro atoms. The molecule has 2 aromatic carbocycles. The van der Waals surface area contributed by atoms with Gasteiger partial charge in [0.2, 0.25) is 0 Å². The lowest BCUT2D eigenvalue weighted by molar-refractivity contribution is 0.254. The van der Waals surface area contributed by atoms with Crippen molar-refractivity contribution in [2.24, 2.45) is 4.99 Å². The lowest BCUT2D eigenvalue weighted by Gasteiger charge is -2.16. The molecular weight excluding hydrogens is 370 g/mol. The highest BCUT2D eigenvalue weighted by molar-refractivity contribution is 5.93. The van der Waals surface area contributed by atoms with Crippen LogP contribution < -0.4 is 29.6 Å². The van der Waals surface area contributed by atoms with Gasteiger partial charge in [-0.2, -0.15) is 0 Å². The van der Waals surface area contributed by atoms with E-state index < -0.39 is 0 Å². The number of hydrogen-bond donors (Lipinski definition) is 2. The largest absolute Gasteiger partial charge is 0.496 e. The van der Waals surface area contributed by atoms with Crippen molar-refractivity contribution in [2.45, 2.75) is 32.9 Å². The van der Waals surface area contributed by atoms with Crippen LogP contribution in [0.2, 0.25) is 0 Å². The Hall–Kier alpha value is -3.09. The molecule has 0 amide bonds. The third kappa shape index (κ3) is 4.85. The number of hydrogen-bond acceptors (Lipinski definition) is 5. The standard InChI is InChI=1S/C22H29N3O4/c1-6-28-21-12-17(7-8-18(21)26-4)25-22(23-3)24-13-16-11-20-15(9-14(2)29-20)10-19(16)27-5/h7-8,10-12,14H,6,9,13H2,1-5H3,(H2,23,24,25). The van der Waals surface area contributed by atoms with E-state index in [1.807, 2.05) is 31.2 Å². The number of fused-ring (bicyclic) bond motifs is 1. The summed E-state index contributed by atoms with van der Waals surface area (Å²) in [6, 6.07) is 9.77. The highest BCUT2D eigenvalue weighted by Crippen LogP contribution is 2.35. The number of aliphatic imine (C=N–C) groups is 1. The quantitative estimate of drug-likeness (QED) is 0.547. The molecule has 2 aromatic rings. The van der Waals surface area contributed by atoms with Gasteiger partial charge in [0.1, 0.15) is 17.6 Å². The van der Waals surface area contributed by atoms with Gasteiger partial charge in [-0.05, 0) is 38.1 Å². The fraction of sp³-hybridized carbons (Fsp3) is 0.409. The van der Waals surface area contributed by atoms with Gasteiger partial charge < -0.3 is 29.6 Å². The number of rotatable bonds is 7. The Morgan fingerprint density at radius 3 is 2.62 bits per heavy atom. The molecule has 1 aliphatic rings. The van der Waals surface area contributed by atoms with E-state index in [9.17, 15) is 0 Å². The molecule has 7 nitrogen and oxygen atoms in total. The van der Waals surface area contributed by atoms with Crippen LogP contribution in [-0.2, 0) is 13.0 Å². The second-order valence-corrected chi connectivity index (χ2v) is 6.75. The highest BCUT2D eigenvalue weighted by Gasteiger charge is 2.21. The molecule has 0 saturated heterocycles. The number of nitrogens with one attached hydrogen (secondary N) is 2. The Bertz CT molecular complexity index is 883. The Kier molecular flexibility index (Phi) is 6.69. The normalized spacial score (nSPS) is 15.3. The summed E-state index contributed by atoms with van der Waals surface area (Å²) in [4.78, 5) is 4.31. The predicted octanol–water partition coefficient (Wildman–Crippen LogP) is 3.61. The number of nitrogens with zero attached hydrogens (tertiary/aromatic N) is 1. The second kappa shape index (κ2) is 9.41. The molecular formula is C22H29N3O4. The zero-order valence-corrected chi connectivity index (χ0v) is 17.7. The fourth-order valence-corrected chi connectivity index (χ4v) is 3.33. The van der Waals surface area contributed by atoms with Crippen LogP contribution >= 0.6 is 0 Å². The molecule has 2 N–H and O–H groups in total. The summed E-state index contributed by atoms with van der Waals surface area (Å²) in [6.07, 6.45) is 1.10. The molecule has 1 heterocycles. The van der Waals surface area contributed by atoms with Crippen molar-refractivity contribution in [1.29, 1.82) is 0 Å². The highest BCUT2D eigenvalue weighted by atomic mass is 16.5. The minimum Gasteiger partial charge on any atom is -0.496 e. The molecule has 0 aromatic heterocycles. The first-order valence-electron chi connectivity index (χ1n) is 9.72.